The van der Waals surface area contributed by atoms with Crippen molar-refractivity contribution >= 4 is 21.4 Å². The zero-order valence-corrected chi connectivity index (χ0v) is 13.2. The van der Waals surface area contributed by atoms with E-state index in [2.05, 4.69) is 9.71 Å². The van der Waals surface area contributed by atoms with Crippen LogP contribution in [-0.2, 0) is 10.0 Å². The molecule has 5 nitrogen and oxygen atoms in total. The third kappa shape index (κ3) is 3.58. The molecule has 114 valence electrons. The van der Waals surface area contributed by atoms with Gasteiger partial charge in [-0.3, -0.25) is 0 Å². The Morgan fingerprint density at radius 1 is 1.48 bits per heavy atom. The Bertz CT molecular complexity index is 702. The van der Waals surface area contributed by atoms with Gasteiger partial charge in [-0.25, -0.2) is 22.5 Å². The third-order valence-corrected chi connectivity index (χ3v) is 5.25. The van der Waals surface area contributed by atoms with Crippen molar-refractivity contribution in [1.82, 2.24) is 9.71 Å². The molecule has 1 atom stereocenters. The Balaban J connectivity index is 2.29. The summed E-state index contributed by atoms with van der Waals surface area (Å²) in [6, 6.07) is 3.02. The number of thiazole rings is 1. The summed E-state index contributed by atoms with van der Waals surface area (Å²) in [6.07, 6.45) is 2.18. The van der Waals surface area contributed by atoms with E-state index in [0.717, 1.165) is 12.1 Å². The molecule has 0 spiro atoms. The minimum atomic E-state index is -3.78. The van der Waals surface area contributed by atoms with Crippen molar-refractivity contribution in [2.24, 2.45) is 0 Å². The molecule has 21 heavy (non-hydrogen) atoms. The number of sulfonamides is 1. The molecule has 0 aliphatic carbocycles. The van der Waals surface area contributed by atoms with Crippen LogP contribution in [0, 0.1) is 5.82 Å². The zero-order chi connectivity index (χ0) is 15.5. The maximum Gasteiger partial charge on any atom is 0.241 e. The van der Waals surface area contributed by atoms with Gasteiger partial charge in [-0.05, 0) is 18.6 Å². The van der Waals surface area contributed by atoms with E-state index in [0.29, 0.717) is 11.4 Å². The van der Waals surface area contributed by atoms with Gasteiger partial charge in [0.1, 0.15) is 5.01 Å². The van der Waals surface area contributed by atoms with Crippen LogP contribution in [0.2, 0.25) is 0 Å². The van der Waals surface area contributed by atoms with E-state index < -0.39 is 21.9 Å². The molecule has 1 aromatic carbocycles. The van der Waals surface area contributed by atoms with Crippen LogP contribution in [0.4, 0.5) is 4.39 Å². The van der Waals surface area contributed by atoms with Crippen molar-refractivity contribution in [3.63, 3.8) is 0 Å². The minimum absolute atomic E-state index is 0.0456. The summed E-state index contributed by atoms with van der Waals surface area (Å²) in [5.74, 6) is -0.719. The van der Waals surface area contributed by atoms with Crippen LogP contribution in [0.3, 0.4) is 0 Å². The average molecular weight is 330 g/mol. The van der Waals surface area contributed by atoms with Gasteiger partial charge < -0.3 is 4.74 Å². The van der Waals surface area contributed by atoms with Crippen LogP contribution >= 0.6 is 11.3 Å². The molecular formula is C13H15FN2O3S2. The number of halogens is 1. The van der Waals surface area contributed by atoms with E-state index in [1.807, 2.05) is 6.92 Å². The smallest absolute Gasteiger partial charge is 0.241 e. The predicted octanol–water partition coefficient (Wildman–Crippen LogP) is 2.72. The summed E-state index contributed by atoms with van der Waals surface area (Å²) in [5.41, 5.74) is 0. The molecule has 2 aromatic rings. The van der Waals surface area contributed by atoms with E-state index in [-0.39, 0.29) is 10.6 Å². The lowest BCUT2D eigenvalue weighted by Gasteiger charge is -2.15. The SMILES string of the molecule is CC[C@@H](NS(=O)(=O)c1ccc(F)c(OC)c1)c1nccs1. The van der Waals surface area contributed by atoms with E-state index in [1.165, 1.54) is 24.5 Å². The molecule has 0 amide bonds. The highest BCUT2D eigenvalue weighted by molar-refractivity contribution is 7.89. The summed E-state index contributed by atoms with van der Waals surface area (Å²) in [7, 11) is -2.49. The van der Waals surface area contributed by atoms with Gasteiger partial charge in [0.25, 0.3) is 0 Å². The number of benzene rings is 1. The fourth-order valence-corrected chi connectivity index (χ4v) is 3.92. The van der Waals surface area contributed by atoms with Gasteiger partial charge in [0, 0.05) is 17.6 Å². The van der Waals surface area contributed by atoms with Crippen molar-refractivity contribution in [2.45, 2.75) is 24.3 Å². The van der Waals surface area contributed by atoms with Gasteiger partial charge in [0.05, 0.1) is 18.0 Å². The summed E-state index contributed by atoms with van der Waals surface area (Å²) >= 11 is 1.38. The molecule has 0 aliphatic rings. The lowest BCUT2D eigenvalue weighted by Crippen LogP contribution is -2.28. The Morgan fingerprint density at radius 3 is 2.81 bits per heavy atom. The molecule has 0 saturated heterocycles. The highest BCUT2D eigenvalue weighted by Crippen LogP contribution is 2.25. The Morgan fingerprint density at radius 2 is 2.24 bits per heavy atom. The van der Waals surface area contributed by atoms with Crippen LogP contribution in [0.15, 0.2) is 34.7 Å². The van der Waals surface area contributed by atoms with Crippen molar-refractivity contribution in [3.05, 3.63) is 40.6 Å². The highest BCUT2D eigenvalue weighted by Gasteiger charge is 2.23. The van der Waals surface area contributed by atoms with Crippen molar-refractivity contribution < 1.29 is 17.5 Å². The van der Waals surface area contributed by atoms with Crippen LogP contribution in [0.25, 0.3) is 0 Å². The number of nitrogens with zero attached hydrogens (tertiary/aromatic N) is 1. The number of rotatable bonds is 6. The van der Waals surface area contributed by atoms with Gasteiger partial charge in [-0.2, -0.15) is 0 Å². The van der Waals surface area contributed by atoms with Crippen molar-refractivity contribution in [3.8, 4) is 5.75 Å². The van der Waals surface area contributed by atoms with Crippen molar-refractivity contribution in [2.75, 3.05) is 7.11 Å². The first-order valence-electron chi connectivity index (χ1n) is 6.23. The summed E-state index contributed by atoms with van der Waals surface area (Å²) < 4.78 is 45.5. The van der Waals surface area contributed by atoms with Crippen molar-refractivity contribution in [1.29, 1.82) is 0 Å². The summed E-state index contributed by atoms with van der Waals surface area (Å²) in [4.78, 5) is 4.07. The molecule has 1 heterocycles. The average Bonchev–Trinajstić information content (AvgIpc) is 2.99. The van der Waals surface area contributed by atoms with E-state index in [1.54, 1.807) is 11.6 Å². The molecule has 1 N–H and O–H groups in total. The zero-order valence-electron chi connectivity index (χ0n) is 11.5. The molecule has 0 radical (unpaired) electrons. The van der Waals surface area contributed by atoms with E-state index >= 15 is 0 Å². The largest absolute Gasteiger partial charge is 0.494 e. The maximum atomic E-state index is 13.4. The van der Waals surface area contributed by atoms with Gasteiger partial charge in [-0.1, -0.05) is 6.92 Å². The summed E-state index contributed by atoms with van der Waals surface area (Å²) in [5, 5.41) is 2.47. The first kappa shape index (κ1) is 15.9. The Labute approximate surface area is 126 Å². The molecule has 0 unspecified atom stereocenters. The molecule has 8 heteroatoms. The number of aromatic nitrogens is 1. The molecule has 0 bridgehead atoms. The van der Waals surface area contributed by atoms with E-state index in [9.17, 15) is 12.8 Å². The Hall–Kier alpha value is -1.51. The molecule has 1 aromatic heterocycles. The highest BCUT2D eigenvalue weighted by atomic mass is 32.2. The number of methoxy groups -OCH3 is 1. The van der Waals surface area contributed by atoms with Crippen LogP contribution < -0.4 is 9.46 Å². The number of ether oxygens (including phenoxy) is 1. The first-order valence-corrected chi connectivity index (χ1v) is 8.59. The fraction of sp³-hybridized carbons (Fsp3) is 0.308. The normalized spacial score (nSPS) is 13.1. The second-order valence-electron chi connectivity index (χ2n) is 4.25. The lowest BCUT2D eigenvalue weighted by molar-refractivity contribution is 0.385. The topological polar surface area (TPSA) is 68.3 Å². The second-order valence-corrected chi connectivity index (χ2v) is 6.89. The number of hydrogen-bond donors (Lipinski definition) is 1. The molecule has 2 rings (SSSR count). The van der Waals surface area contributed by atoms with Crippen LogP contribution in [0.5, 0.6) is 5.75 Å². The number of nitrogens with one attached hydrogen (secondary N) is 1. The predicted molar refractivity (Wildman–Crippen MR) is 78.4 cm³/mol. The minimum Gasteiger partial charge on any atom is -0.494 e. The quantitative estimate of drug-likeness (QED) is 0.884. The van der Waals surface area contributed by atoms with E-state index in [4.69, 9.17) is 4.74 Å². The second kappa shape index (κ2) is 6.50. The van der Waals surface area contributed by atoms with Gasteiger partial charge in [-0.15, -0.1) is 11.3 Å². The molecule has 0 saturated carbocycles. The van der Waals surface area contributed by atoms with Gasteiger partial charge >= 0.3 is 0 Å². The summed E-state index contributed by atoms with van der Waals surface area (Å²) in [6.45, 7) is 1.86. The van der Waals surface area contributed by atoms with Gasteiger partial charge in [0.2, 0.25) is 10.0 Å². The standard InChI is InChI=1S/C13H15FN2O3S2/c1-3-11(13-15-6-7-20-13)16-21(17,18)9-4-5-10(14)12(8-9)19-2/h4-8,11,16H,3H2,1-2H3/t11-/m1/s1. The lowest BCUT2D eigenvalue weighted by atomic mass is 10.3. The van der Waals surface area contributed by atoms with Crippen LogP contribution in [0.1, 0.15) is 24.4 Å². The van der Waals surface area contributed by atoms with Crippen LogP contribution in [-0.4, -0.2) is 20.5 Å². The monoisotopic (exact) mass is 330 g/mol. The molecule has 0 aliphatic heterocycles. The first-order chi connectivity index (χ1) is 9.97. The molecule has 0 fully saturated rings. The Kier molecular flexibility index (Phi) is 4.92. The molecular weight excluding hydrogens is 315 g/mol. The van der Waals surface area contributed by atoms with Gasteiger partial charge in [0.15, 0.2) is 11.6 Å². The number of hydrogen-bond acceptors (Lipinski definition) is 5. The fourth-order valence-electron chi connectivity index (χ4n) is 1.78. The third-order valence-electron chi connectivity index (χ3n) is 2.89. The maximum absolute atomic E-state index is 13.4.